The van der Waals surface area contributed by atoms with Crippen LogP contribution < -0.4 is 5.73 Å². The Morgan fingerprint density at radius 2 is 2.08 bits per heavy atom. The number of nitrogens with zero attached hydrogens (tertiary/aromatic N) is 1. The third kappa shape index (κ3) is 4.65. The van der Waals surface area contributed by atoms with Gasteiger partial charge in [-0.05, 0) is 39.3 Å². The highest BCUT2D eigenvalue weighted by atomic mass is 16.6. The van der Waals surface area contributed by atoms with Gasteiger partial charge >= 0.3 is 11.9 Å². The van der Waals surface area contributed by atoms with Gasteiger partial charge in [-0.3, -0.25) is 9.59 Å². The van der Waals surface area contributed by atoms with Crippen LogP contribution in [0.1, 0.15) is 49.5 Å². The molecule has 1 heterocycles. The summed E-state index contributed by atoms with van der Waals surface area (Å²) in [5, 5.41) is 9.85. The van der Waals surface area contributed by atoms with Gasteiger partial charge in [0.2, 0.25) is 5.91 Å². The van der Waals surface area contributed by atoms with E-state index in [0.29, 0.717) is 11.1 Å². The highest BCUT2D eigenvalue weighted by molar-refractivity contribution is 5.97. The number of nitrogens with two attached hydrogens (primary N) is 1. The van der Waals surface area contributed by atoms with Crippen molar-refractivity contribution in [2.75, 3.05) is 0 Å². The molecule has 25 heavy (non-hydrogen) atoms. The lowest BCUT2D eigenvalue weighted by atomic mass is 10.0. The van der Waals surface area contributed by atoms with E-state index >= 15 is 0 Å². The summed E-state index contributed by atoms with van der Waals surface area (Å²) < 4.78 is 6.55. The molecule has 0 aromatic heterocycles. The highest BCUT2D eigenvalue weighted by Gasteiger charge is 2.36. The van der Waals surface area contributed by atoms with Gasteiger partial charge in [0.25, 0.3) is 0 Å². The van der Waals surface area contributed by atoms with Crippen molar-refractivity contribution >= 4 is 24.0 Å². The molecule has 7 nitrogen and oxygen atoms in total. The summed E-state index contributed by atoms with van der Waals surface area (Å²) in [4.78, 5) is 35.9. The number of hydrogen-bond acceptors (Lipinski definition) is 5. The molecule has 0 spiro atoms. The predicted octanol–water partition coefficient (Wildman–Crippen LogP) is 1.35. The molecule has 3 N–H and O–H groups in total. The van der Waals surface area contributed by atoms with Crippen LogP contribution in [0.15, 0.2) is 18.2 Å². The lowest BCUT2D eigenvalue weighted by Crippen LogP contribution is -2.30. The molecule has 1 atom stereocenters. The zero-order valence-electron chi connectivity index (χ0n) is 14.6. The number of benzene rings is 1. The summed E-state index contributed by atoms with van der Waals surface area (Å²) in [5.74, 6) is -2.12. The smallest absolute Gasteiger partial charge is 0.420 e. The highest BCUT2D eigenvalue weighted by Crippen LogP contribution is 2.27. The molecular formula is C18H23N2O5+. The number of aromatic hydroxyl groups is 1. The van der Waals surface area contributed by atoms with Crippen LogP contribution in [0.5, 0.6) is 5.75 Å². The van der Waals surface area contributed by atoms with Crippen molar-refractivity contribution in [2.45, 2.75) is 45.8 Å². The van der Waals surface area contributed by atoms with Gasteiger partial charge < -0.3 is 15.6 Å². The van der Waals surface area contributed by atoms with Crippen LogP contribution in [-0.2, 0) is 20.9 Å². The Morgan fingerprint density at radius 1 is 1.40 bits per heavy atom. The largest absolute Gasteiger partial charge is 0.507 e. The first-order valence-electron chi connectivity index (χ1n) is 8.06. The molecule has 1 aromatic rings. The van der Waals surface area contributed by atoms with Crippen LogP contribution >= 0.6 is 0 Å². The van der Waals surface area contributed by atoms with Gasteiger partial charge in [-0.25, -0.2) is 4.79 Å². The number of phenolic OH excluding ortho intramolecular Hbond substituents is 1. The molecule has 7 heteroatoms. The standard InChI is InChI=1S/C18H22N2O5/c1-18(2,3)25-15(22)8-7-11(16(19)23)9-20-10-13-12(17(20)24)5-4-6-14(13)21/h4-6,9,11H,7-8,10H2,1-3H3,(H2-,19,21,23)/p+1. The molecule has 0 radical (unpaired) electrons. The first-order valence-corrected chi connectivity index (χ1v) is 8.06. The van der Waals surface area contributed by atoms with Gasteiger partial charge in [0.15, 0.2) is 12.8 Å². The van der Waals surface area contributed by atoms with E-state index in [1.165, 1.54) is 16.9 Å². The number of hydrogen-bond donors (Lipinski definition) is 2. The molecular weight excluding hydrogens is 324 g/mol. The fourth-order valence-corrected chi connectivity index (χ4v) is 2.63. The van der Waals surface area contributed by atoms with Gasteiger partial charge in [-0.2, -0.15) is 4.58 Å². The summed E-state index contributed by atoms with van der Waals surface area (Å²) >= 11 is 0. The van der Waals surface area contributed by atoms with Crippen LogP contribution in [0.25, 0.3) is 0 Å². The molecule has 0 bridgehead atoms. The minimum atomic E-state index is -0.784. The van der Waals surface area contributed by atoms with Crippen molar-refractivity contribution < 1.29 is 28.8 Å². The van der Waals surface area contributed by atoms with E-state index in [2.05, 4.69) is 0 Å². The van der Waals surface area contributed by atoms with E-state index in [9.17, 15) is 19.5 Å². The quantitative estimate of drug-likeness (QED) is 0.617. The minimum Gasteiger partial charge on any atom is -0.507 e. The monoisotopic (exact) mass is 347 g/mol. The first-order chi connectivity index (χ1) is 11.6. The predicted molar refractivity (Wildman–Crippen MR) is 90.2 cm³/mol. The molecule has 1 aliphatic rings. The van der Waals surface area contributed by atoms with E-state index in [0.717, 1.165) is 0 Å². The number of fused-ring (bicyclic) bond motifs is 1. The fourth-order valence-electron chi connectivity index (χ4n) is 2.63. The topological polar surface area (TPSA) is 110 Å². The van der Waals surface area contributed by atoms with E-state index in [1.807, 2.05) is 0 Å². The maximum Gasteiger partial charge on any atom is 0.420 e. The molecule has 0 saturated carbocycles. The molecule has 1 aromatic carbocycles. The first kappa shape index (κ1) is 18.6. The van der Waals surface area contributed by atoms with Crippen molar-refractivity contribution in [3.63, 3.8) is 0 Å². The lowest BCUT2D eigenvalue weighted by molar-refractivity contribution is -0.434. The third-order valence-electron chi connectivity index (χ3n) is 3.78. The fraction of sp³-hybridized carbons (Fsp3) is 0.444. The minimum absolute atomic E-state index is 0.0155. The van der Waals surface area contributed by atoms with E-state index < -0.39 is 23.4 Å². The van der Waals surface area contributed by atoms with Crippen molar-refractivity contribution in [2.24, 2.45) is 11.7 Å². The normalized spacial score (nSPS) is 16.6. The Labute approximate surface area is 146 Å². The van der Waals surface area contributed by atoms with Gasteiger partial charge in [0, 0.05) is 6.42 Å². The number of carbonyl (C=O) groups excluding carboxylic acids is 3. The molecule has 1 aliphatic heterocycles. The van der Waals surface area contributed by atoms with Crippen LogP contribution in [0.2, 0.25) is 0 Å². The summed E-state index contributed by atoms with van der Waals surface area (Å²) in [7, 11) is 0. The second-order valence-corrected chi connectivity index (χ2v) is 7.02. The van der Waals surface area contributed by atoms with Gasteiger partial charge in [0.05, 0.1) is 5.56 Å². The van der Waals surface area contributed by atoms with Crippen LogP contribution in [0.4, 0.5) is 0 Å². The molecule has 134 valence electrons. The second-order valence-electron chi connectivity index (χ2n) is 7.02. The summed E-state index contributed by atoms with van der Waals surface area (Å²) in [6, 6.07) is 4.71. The Kier molecular flexibility index (Phi) is 5.25. The number of ether oxygens (including phenoxy) is 1. The van der Waals surface area contributed by atoms with Crippen LogP contribution in [0, 0.1) is 5.92 Å². The van der Waals surface area contributed by atoms with Gasteiger partial charge in [0.1, 0.15) is 22.8 Å². The summed E-state index contributed by atoms with van der Waals surface area (Å²) in [6.45, 7) is 5.44. The van der Waals surface area contributed by atoms with E-state index in [-0.39, 0.29) is 31.0 Å². The molecule has 0 fully saturated rings. The van der Waals surface area contributed by atoms with Crippen LogP contribution in [0.3, 0.4) is 0 Å². The molecule has 1 unspecified atom stereocenters. The summed E-state index contributed by atoms with van der Waals surface area (Å²) in [5.41, 5.74) is 5.70. The average molecular weight is 347 g/mol. The zero-order chi connectivity index (χ0) is 18.8. The maximum absolute atomic E-state index is 12.4. The van der Waals surface area contributed by atoms with Gasteiger partial charge in [-0.1, -0.05) is 6.07 Å². The Balaban J connectivity index is 2.11. The number of carbonyl (C=O) groups is 3. The Morgan fingerprint density at radius 3 is 2.64 bits per heavy atom. The summed E-state index contributed by atoms with van der Waals surface area (Å²) in [6.07, 6.45) is 1.59. The number of esters is 1. The Bertz CT molecular complexity index is 746. The number of amides is 2. The van der Waals surface area contributed by atoms with Crippen molar-refractivity contribution in [1.29, 1.82) is 0 Å². The van der Waals surface area contributed by atoms with Gasteiger partial charge in [-0.15, -0.1) is 0 Å². The zero-order valence-corrected chi connectivity index (χ0v) is 14.6. The molecule has 2 rings (SSSR count). The number of primary amides is 1. The number of phenols is 1. The van der Waals surface area contributed by atoms with Crippen molar-refractivity contribution in [3.05, 3.63) is 29.3 Å². The number of rotatable bonds is 5. The van der Waals surface area contributed by atoms with E-state index in [4.69, 9.17) is 10.5 Å². The SMILES string of the molecule is CC(C)(C)OC(=O)CCC(C=[N+]1Cc2c(O)cccc2C1=O)C(N)=O. The Hall–Kier alpha value is -2.70. The maximum atomic E-state index is 12.4. The van der Waals surface area contributed by atoms with Crippen molar-refractivity contribution in [3.8, 4) is 5.75 Å². The second kappa shape index (κ2) is 7.04. The lowest BCUT2D eigenvalue weighted by Gasteiger charge is -2.19. The third-order valence-corrected chi connectivity index (χ3v) is 3.78. The van der Waals surface area contributed by atoms with Crippen molar-refractivity contribution in [1.82, 2.24) is 0 Å². The average Bonchev–Trinajstić information content (AvgIpc) is 2.79. The van der Waals surface area contributed by atoms with E-state index in [1.54, 1.807) is 32.9 Å². The molecule has 2 amide bonds. The molecule has 0 saturated heterocycles. The van der Waals surface area contributed by atoms with Crippen LogP contribution in [-0.4, -0.2) is 39.3 Å². The molecule has 0 aliphatic carbocycles.